The fourth-order valence-corrected chi connectivity index (χ4v) is 2.22. The summed E-state index contributed by atoms with van der Waals surface area (Å²) in [7, 11) is 1.58. The van der Waals surface area contributed by atoms with Crippen molar-refractivity contribution in [1.82, 2.24) is 5.32 Å². The Bertz CT molecular complexity index is 764. The van der Waals surface area contributed by atoms with E-state index < -0.39 is 10.8 Å². The number of benzene rings is 2. The van der Waals surface area contributed by atoms with Gasteiger partial charge in [-0.15, -0.1) is 0 Å². The normalized spacial score (nSPS) is 11.5. The van der Waals surface area contributed by atoms with Crippen molar-refractivity contribution >= 4 is 23.2 Å². The fourth-order valence-electron chi connectivity index (χ4n) is 2.04. The predicted molar refractivity (Wildman–Crippen MR) is 93.5 cm³/mol. The number of nitro benzene ring substituents is 1. The Hall–Kier alpha value is -2.80. The van der Waals surface area contributed by atoms with Gasteiger partial charge in [-0.25, -0.2) is 0 Å². The fraction of sp³-hybridized carbons (Fsp3) is 0.235. The van der Waals surface area contributed by atoms with Crippen LogP contribution in [0.1, 0.15) is 17.3 Å². The minimum absolute atomic E-state index is 0.0163. The van der Waals surface area contributed by atoms with Gasteiger partial charge in [0.25, 0.3) is 11.6 Å². The van der Waals surface area contributed by atoms with Crippen LogP contribution < -0.4 is 14.8 Å². The number of halogens is 1. The standard InChI is InChI=1S/C17H17ClN2O5/c1-11(10-25-14-6-4-13(24-2)5-7-14)19-17(21)12-3-8-15(18)16(9-12)20(22)23/h3-9,11H,10H2,1-2H3,(H,19,21)/t11-/m1/s1. The Morgan fingerprint density at radius 1 is 1.24 bits per heavy atom. The van der Waals surface area contributed by atoms with Crippen molar-refractivity contribution < 1.29 is 19.2 Å². The van der Waals surface area contributed by atoms with E-state index in [2.05, 4.69) is 5.32 Å². The largest absolute Gasteiger partial charge is 0.497 e. The Labute approximate surface area is 149 Å². The number of carbonyl (C=O) groups excluding carboxylic acids is 1. The first-order chi connectivity index (χ1) is 11.9. The highest BCUT2D eigenvalue weighted by Gasteiger charge is 2.17. The summed E-state index contributed by atoms with van der Waals surface area (Å²) in [4.78, 5) is 22.4. The van der Waals surface area contributed by atoms with Gasteiger partial charge in [0.15, 0.2) is 0 Å². The Balaban J connectivity index is 1.93. The lowest BCUT2D eigenvalue weighted by Gasteiger charge is -2.15. The maximum atomic E-state index is 12.2. The predicted octanol–water partition coefficient (Wildman–Crippen LogP) is 3.45. The van der Waals surface area contributed by atoms with Crippen LogP contribution in [-0.2, 0) is 0 Å². The Kier molecular flexibility index (Phi) is 6.19. The Morgan fingerprint density at radius 2 is 1.88 bits per heavy atom. The second-order valence-electron chi connectivity index (χ2n) is 5.28. The van der Waals surface area contributed by atoms with Gasteiger partial charge < -0.3 is 14.8 Å². The molecule has 0 unspecified atom stereocenters. The summed E-state index contributed by atoms with van der Waals surface area (Å²) in [6, 6.07) is 10.7. The number of hydrogen-bond donors (Lipinski definition) is 1. The maximum absolute atomic E-state index is 12.2. The third-order valence-corrected chi connectivity index (χ3v) is 3.66. The highest BCUT2D eigenvalue weighted by molar-refractivity contribution is 6.32. The first-order valence-corrected chi connectivity index (χ1v) is 7.80. The number of amides is 1. The van der Waals surface area contributed by atoms with Gasteiger partial charge in [0.2, 0.25) is 0 Å². The molecule has 0 fully saturated rings. The van der Waals surface area contributed by atoms with Gasteiger partial charge in [0.1, 0.15) is 23.1 Å². The number of ether oxygens (including phenoxy) is 2. The highest BCUT2D eigenvalue weighted by atomic mass is 35.5. The van der Waals surface area contributed by atoms with Crippen LogP contribution in [0.4, 0.5) is 5.69 Å². The molecule has 1 amide bonds. The average Bonchev–Trinajstić information content (AvgIpc) is 2.60. The second kappa shape index (κ2) is 8.34. The molecule has 1 N–H and O–H groups in total. The lowest BCUT2D eigenvalue weighted by atomic mass is 10.2. The van der Waals surface area contributed by atoms with E-state index in [4.69, 9.17) is 21.1 Å². The summed E-state index contributed by atoms with van der Waals surface area (Å²) in [5.41, 5.74) is -0.149. The zero-order valence-corrected chi connectivity index (χ0v) is 14.4. The van der Waals surface area contributed by atoms with Crippen molar-refractivity contribution in [3.05, 3.63) is 63.2 Å². The van der Waals surface area contributed by atoms with Gasteiger partial charge in [-0.1, -0.05) is 11.6 Å². The van der Waals surface area contributed by atoms with E-state index in [-0.39, 0.29) is 28.9 Å². The van der Waals surface area contributed by atoms with Gasteiger partial charge in [0, 0.05) is 11.6 Å². The van der Waals surface area contributed by atoms with Crippen molar-refractivity contribution in [3.8, 4) is 11.5 Å². The van der Waals surface area contributed by atoms with Crippen LogP contribution in [0.5, 0.6) is 11.5 Å². The number of rotatable bonds is 7. The van der Waals surface area contributed by atoms with E-state index in [1.165, 1.54) is 12.1 Å². The monoisotopic (exact) mass is 364 g/mol. The average molecular weight is 365 g/mol. The molecule has 0 radical (unpaired) electrons. The molecule has 1 atom stereocenters. The molecule has 0 saturated heterocycles. The van der Waals surface area contributed by atoms with Gasteiger partial charge in [0.05, 0.1) is 18.1 Å². The molecule has 2 aromatic rings. The number of nitro groups is 1. The molecule has 7 nitrogen and oxygen atoms in total. The molecule has 2 rings (SSSR count). The molecule has 0 aliphatic carbocycles. The van der Waals surface area contributed by atoms with E-state index in [9.17, 15) is 14.9 Å². The van der Waals surface area contributed by atoms with Crippen molar-refractivity contribution in [2.45, 2.75) is 13.0 Å². The molecular weight excluding hydrogens is 348 g/mol. The summed E-state index contributed by atoms with van der Waals surface area (Å²) in [5.74, 6) is 0.924. The summed E-state index contributed by atoms with van der Waals surface area (Å²) in [6.07, 6.45) is 0. The molecule has 0 aromatic heterocycles. The summed E-state index contributed by atoms with van der Waals surface area (Å²) in [5, 5.41) is 13.6. The third-order valence-electron chi connectivity index (χ3n) is 3.34. The zero-order valence-electron chi connectivity index (χ0n) is 13.7. The van der Waals surface area contributed by atoms with Crippen LogP contribution in [0, 0.1) is 10.1 Å². The van der Waals surface area contributed by atoms with Crippen LogP contribution in [0.15, 0.2) is 42.5 Å². The summed E-state index contributed by atoms with van der Waals surface area (Å²) < 4.78 is 10.6. The number of nitrogens with zero attached hydrogens (tertiary/aromatic N) is 1. The number of methoxy groups -OCH3 is 1. The van der Waals surface area contributed by atoms with E-state index >= 15 is 0 Å². The lowest BCUT2D eigenvalue weighted by Crippen LogP contribution is -2.36. The topological polar surface area (TPSA) is 90.7 Å². The van der Waals surface area contributed by atoms with Crippen molar-refractivity contribution in [2.75, 3.05) is 13.7 Å². The zero-order chi connectivity index (χ0) is 18.4. The minimum Gasteiger partial charge on any atom is -0.497 e. The van der Waals surface area contributed by atoms with Crippen LogP contribution >= 0.6 is 11.6 Å². The second-order valence-corrected chi connectivity index (χ2v) is 5.69. The smallest absolute Gasteiger partial charge is 0.288 e. The van der Waals surface area contributed by atoms with Gasteiger partial charge >= 0.3 is 0 Å². The van der Waals surface area contributed by atoms with Crippen molar-refractivity contribution in [1.29, 1.82) is 0 Å². The maximum Gasteiger partial charge on any atom is 0.288 e. The van der Waals surface area contributed by atoms with Gasteiger partial charge in [-0.2, -0.15) is 0 Å². The first kappa shape index (κ1) is 18.5. The van der Waals surface area contributed by atoms with E-state index in [1.807, 2.05) is 0 Å². The number of carbonyl (C=O) groups is 1. The molecular formula is C17H17ClN2O5. The van der Waals surface area contributed by atoms with Gasteiger partial charge in [-0.3, -0.25) is 14.9 Å². The molecule has 0 saturated carbocycles. The number of hydrogen-bond acceptors (Lipinski definition) is 5. The van der Waals surface area contributed by atoms with Crippen molar-refractivity contribution in [3.63, 3.8) is 0 Å². The van der Waals surface area contributed by atoms with Crippen molar-refractivity contribution in [2.24, 2.45) is 0 Å². The summed E-state index contributed by atoms with van der Waals surface area (Å²) >= 11 is 5.74. The summed E-state index contributed by atoms with van der Waals surface area (Å²) in [6.45, 7) is 2.01. The van der Waals surface area contributed by atoms with Crippen LogP contribution in [0.2, 0.25) is 5.02 Å². The Morgan fingerprint density at radius 3 is 2.48 bits per heavy atom. The lowest BCUT2D eigenvalue weighted by molar-refractivity contribution is -0.384. The molecule has 8 heteroatoms. The molecule has 0 heterocycles. The molecule has 25 heavy (non-hydrogen) atoms. The van der Waals surface area contributed by atoms with Crippen LogP contribution in [0.3, 0.4) is 0 Å². The molecule has 0 bridgehead atoms. The molecule has 132 valence electrons. The van der Waals surface area contributed by atoms with E-state index in [0.29, 0.717) is 5.75 Å². The van der Waals surface area contributed by atoms with Crippen LogP contribution in [0.25, 0.3) is 0 Å². The van der Waals surface area contributed by atoms with Crippen LogP contribution in [-0.4, -0.2) is 30.6 Å². The quantitative estimate of drug-likeness (QED) is 0.600. The van der Waals surface area contributed by atoms with E-state index in [1.54, 1.807) is 38.3 Å². The molecule has 0 aliphatic rings. The molecule has 0 spiro atoms. The SMILES string of the molecule is COc1ccc(OC[C@@H](C)NC(=O)c2ccc(Cl)c([N+](=O)[O-])c2)cc1. The first-order valence-electron chi connectivity index (χ1n) is 7.42. The van der Waals surface area contributed by atoms with E-state index in [0.717, 1.165) is 11.8 Å². The van der Waals surface area contributed by atoms with Gasteiger partial charge in [-0.05, 0) is 43.3 Å². The minimum atomic E-state index is -0.630. The third kappa shape index (κ3) is 5.09. The number of nitrogens with one attached hydrogen (secondary N) is 1. The highest BCUT2D eigenvalue weighted by Crippen LogP contribution is 2.25. The molecule has 0 aliphatic heterocycles. The molecule has 2 aromatic carbocycles.